The smallest absolute Gasteiger partial charge is 0.225 e. The van der Waals surface area contributed by atoms with E-state index in [1.165, 1.54) is 12.1 Å². The average Bonchev–Trinajstić information content (AvgIpc) is 2.15. The molecular weight excluding hydrogens is 198 g/mol. The molecule has 0 radical (unpaired) electrons. The van der Waals surface area contributed by atoms with Crippen LogP contribution in [0.5, 0.6) is 0 Å². The Labute approximate surface area is 83.6 Å². The monoisotopic (exact) mass is 209 g/mol. The summed E-state index contributed by atoms with van der Waals surface area (Å²) in [5.41, 5.74) is 1.32. The number of hydrogen-bond acceptors (Lipinski definition) is 2. The van der Waals surface area contributed by atoms with Crippen LogP contribution in [-0.4, -0.2) is 8.42 Å². The van der Waals surface area contributed by atoms with Crippen molar-refractivity contribution in [1.82, 2.24) is 0 Å². The summed E-state index contributed by atoms with van der Waals surface area (Å²) in [6, 6.07) is 4.75. The number of rotatable bonds is 3. The highest BCUT2D eigenvalue weighted by Crippen LogP contribution is 2.17. The molecule has 0 saturated carbocycles. The molecule has 2 N–H and O–H groups in total. The summed E-state index contributed by atoms with van der Waals surface area (Å²) >= 11 is 0. The largest absolute Gasteiger partial charge is 0.238 e. The molecule has 0 aromatic heterocycles. The lowest BCUT2D eigenvalue weighted by atomic mass is 10.1. The Kier molecular flexibility index (Phi) is 2.88. The lowest BCUT2D eigenvalue weighted by molar-refractivity contribution is 0.597. The molecule has 1 aromatic carbocycles. The lowest BCUT2D eigenvalue weighted by Crippen LogP contribution is -2.13. The summed E-state index contributed by atoms with van der Waals surface area (Å²) in [6.07, 6.45) is 3.08. The van der Waals surface area contributed by atoms with Crippen molar-refractivity contribution in [1.29, 1.82) is 0 Å². The first kappa shape index (κ1) is 10.7. The number of nitrogens with two attached hydrogens (primary N) is 1. The van der Waals surface area contributed by atoms with E-state index < -0.39 is 10.0 Å². The normalized spacial score (nSPS) is 10.9. The quantitative estimate of drug-likeness (QED) is 0.822. The van der Waals surface area contributed by atoms with Crippen molar-refractivity contribution in [3.8, 4) is 0 Å². The highest BCUT2D eigenvalue weighted by molar-refractivity contribution is 7.89. The van der Waals surface area contributed by atoms with Crippen molar-refractivity contribution in [3.63, 3.8) is 0 Å². The van der Waals surface area contributed by atoms with Crippen molar-refractivity contribution in [2.75, 3.05) is 0 Å². The minimum Gasteiger partial charge on any atom is -0.225 e. The van der Waals surface area contributed by atoms with Gasteiger partial charge in [0.05, 0.1) is 4.90 Å². The molecule has 0 heterocycles. The van der Waals surface area contributed by atoms with E-state index in [1.807, 2.05) is 0 Å². The van der Waals surface area contributed by atoms with Gasteiger partial charge in [0, 0.05) is 0 Å². The van der Waals surface area contributed by atoms with E-state index in [0.717, 1.165) is 5.56 Å². The maximum absolute atomic E-state index is 11.1. The fourth-order valence-corrected chi connectivity index (χ4v) is 1.84. The van der Waals surface area contributed by atoms with Gasteiger partial charge in [0.25, 0.3) is 0 Å². The van der Waals surface area contributed by atoms with Crippen LogP contribution >= 0.6 is 0 Å². The van der Waals surface area contributed by atoms with Crippen LogP contribution in [0.15, 0.2) is 36.3 Å². The van der Waals surface area contributed by atoms with Crippen molar-refractivity contribution >= 4 is 22.2 Å². The van der Waals surface area contributed by atoms with Crippen LogP contribution in [0.4, 0.5) is 0 Å². The minimum atomic E-state index is -3.68. The summed E-state index contributed by atoms with van der Waals surface area (Å²) in [7, 11) is -3.68. The topological polar surface area (TPSA) is 60.2 Å². The van der Waals surface area contributed by atoms with Gasteiger partial charge in [0.1, 0.15) is 0 Å². The van der Waals surface area contributed by atoms with E-state index in [4.69, 9.17) is 5.14 Å². The molecule has 0 saturated heterocycles. The van der Waals surface area contributed by atoms with E-state index in [0.29, 0.717) is 5.56 Å². The second-order valence-corrected chi connectivity index (χ2v) is 4.28. The highest BCUT2D eigenvalue weighted by Gasteiger charge is 2.11. The van der Waals surface area contributed by atoms with E-state index in [-0.39, 0.29) is 4.90 Å². The van der Waals surface area contributed by atoms with Gasteiger partial charge in [-0.1, -0.05) is 31.4 Å². The molecule has 74 valence electrons. The summed E-state index contributed by atoms with van der Waals surface area (Å²) in [4.78, 5) is 0.0816. The second-order valence-electron chi connectivity index (χ2n) is 2.75. The predicted molar refractivity (Wildman–Crippen MR) is 58.0 cm³/mol. The molecule has 0 unspecified atom stereocenters. The van der Waals surface area contributed by atoms with Crippen LogP contribution in [0.3, 0.4) is 0 Å². The standard InChI is InChI=1S/C10H11NO2S/c1-3-8-5-6-10(14(11,12)13)9(4-2)7-8/h3-7H,1-2H2,(H2,11,12,13). The molecule has 1 aromatic rings. The second kappa shape index (κ2) is 3.77. The van der Waals surface area contributed by atoms with Gasteiger partial charge in [-0.25, -0.2) is 13.6 Å². The van der Waals surface area contributed by atoms with E-state index in [2.05, 4.69) is 13.2 Å². The number of benzene rings is 1. The molecule has 14 heavy (non-hydrogen) atoms. The average molecular weight is 209 g/mol. The Balaban J connectivity index is 3.47. The molecule has 3 nitrogen and oxygen atoms in total. The van der Waals surface area contributed by atoms with Gasteiger partial charge in [0.2, 0.25) is 10.0 Å². The molecule has 0 amide bonds. The summed E-state index contributed by atoms with van der Waals surface area (Å²) in [5.74, 6) is 0. The van der Waals surface area contributed by atoms with Gasteiger partial charge in [-0.2, -0.15) is 0 Å². The Hall–Kier alpha value is -1.39. The maximum atomic E-state index is 11.1. The summed E-state index contributed by atoms with van der Waals surface area (Å²) in [5, 5.41) is 5.02. The molecular formula is C10H11NO2S. The third-order valence-electron chi connectivity index (χ3n) is 1.80. The van der Waals surface area contributed by atoms with Crippen molar-refractivity contribution in [2.24, 2.45) is 5.14 Å². The Morgan fingerprint density at radius 2 is 1.86 bits per heavy atom. The van der Waals surface area contributed by atoms with Crippen LogP contribution in [0.1, 0.15) is 11.1 Å². The van der Waals surface area contributed by atoms with Crippen LogP contribution in [0.2, 0.25) is 0 Å². The van der Waals surface area contributed by atoms with Crippen LogP contribution in [0, 0.1) is 0 Å². The molecule has 1 rings (SSSR count). The number of sulfonamides is 1. The highest BCUT2D eigenvalue weighted by atomic mass is 32.2. The van der Waals surface area contributed by atoms with Crippen LogP contribution in [0.25, 0.3) is 12.2 Å². The molecule has 0 aliphatic heterocycles. The number of primary sulfonamides is 1. The molecule has 0 fully saturated rings. The van der Waals surface area contributed by atoms with Crippen molar-refractivity contribution < 1.29 is 8.42 Å². The first-order valence-corrected chi connectivity index (χ1v) is 5.45. The number of hydrogen-bond donors (Lipinski definition) is 1. The Bertz CT molecular complexity index is 475. The van der Waals surface area contributed by atoms with E-state index in [9.17, 15) is 8.42 Å². The van der Waals surface area contributed by atoms with E-state index >= 15 is 0 Å². The van der Waals surface area contributed by atoms with Gasteiger partial charge in [0.15, 0.2) is 0 Å². The van der Waals surface area contributed by atoms with Gasteiger partial charge in [-0.15, -0.1) is 0 Å². The van der Waals surface area contributed by atoms with Crippen LogP contribution < -0.4 is 5.14 Å². The lowest BCUT2D eigenvalue weighted by Gasteiger charge is -2.04. The van der Waals surface area contributed by atoms with Crippen molar-refractivity contribution in [2.45, 2.75) is 4.90 Å². The minimum absolute atomic E-state index is 0.0816. The first-order valence-electron chi connectivity index (χ1n) is 3.91. The zero-order valence-electron chi connectivity index (χ0n) is 7.60. The fourth-order valence-electron chi connectivity index (χ4n) is 1.11. The van der Waals surface area contributed by atoms with Crippen molar-refractivity contribution in [3.05, 3.63) is 42.5 Å². The molecule has 0 spiro atoms. The summed E-state index contributed by atoms with van der Waals surface area (Å²) in [6.45, 7) is 7.11. The first-order chi connectivity index (χ1) is 6.49. The Morgan fingerprint density at radius 1 is 1.21 bits per heavy atom. The molecule has 0 atom stereocenters. The SMILES string of the molecule is C=Cc1ccc(S(N)(=O)=O)c(C=C)c1. The van der Waals surface area contributed by atoms with Gasteiger partial charge in [-0.3, -0.25) is 0 Å². The third kappa shape index (κ3) is 2.10. The molecule has 4 heteroatoms. The summed E-state index contributed by atoms with van der Waals surface area (Å²) < 4.78 is 22.2. The molecule has 0 aliphatic rings. The van der Waals surface area contributed by atoms with E-state index in [1.54, 1.807) is 18.2 Å². The van der Waals surface area contributed by atoms with Crippen LogP contribution in [-0.2, 0) is 10.0 Å². The predicted octanol–water partition coefficient (Wildman–Crippen LogP) is 1.62. The Morgan fingerprint density at radius 3 is 2.29 bits per heavy atom. The fraction of sp³-hybridized carbons (Fsp3) is 0. The van der Waals surface area contributed by atoms with Gasteiger partial charge < -0.3 is 0 Å². The zero-order chi connectivity index (χ0) is 10.8. The van der Waals surface area contributed by atoms with Gasteiger partial charge in [-0.05, 0) is 23.3 Å². The molecule has 0 bridgehead atoms. The van der Waals surface area contributed by atoms with Gasteiger partial charge >= 0.3 is 0 Å². The molecule has 0 aliphatic carbocycles. The third-order valence-corrected chi connectivity index (χ3v) is 2.78. The zero-order valence-corrected chi connectivity index (χ0v) is 8.42. The maximum Gasteiger partial charge on any atom is 0.238 e.